The minimum Gasteiger partial charge on any atom is -0.501 e. The number of rotatable bonds is 3. The molecule has 0 radical (unpaired) electrons. The van der Waals surface area contributed by atoms with Gasteiger partial charge in [-0.1, -0.05) is 13.0 Å². The second-order valence-corrected chi connectivity index (χ2v) is 2.94. The smallest absolute Gasteiger partial charge is 0.306 e. The molecule has 1 rings (SSSR count). The van der Waals surface area contributed by atoms with Gasteiger partial charge in [0.25, 0.3) is 0 Å². The first kappa shape index (κ1) is 9.40. The van der Waals surface area contributed by atoms with Crippen LogP contribution in [0.1, 0.15) is 12.5 Å². The van der Waals surface area contributed by atoms with Gasteiger partial charge in [-0.05, 0) is 24.6 Å². The molecule has 0 spiro atoms. The summed E-state index contributed by atoms with van der Waals surface area (Å²) in [4.78, 5) is 10.5. The molecule has 0 aliphatic carbocycles. The summed E-state index contributed by atoms with van der Waals surface area (Å²) in [5.41, 5.74) is 0.743. The van der Waals surface area contributed by atoms with E-state index in [9.17, 15) is 4.79 Å². The van der Waals surface area contributed by atoms with Crippen molar-refractivity contribution in [2.45, 2.75) is 13.3 Å². The third-order valence-electron chi connectivity index (χ3n) is 1.74. The summed E-state index contributed by atoms with van der Waals surface area (Å²) in [5.74, 6) is -1.25. The van der Waals surface area contributed by atoms with Gasteiger partial charge < -0.3 is 10.2 Å². The van der Waals surface area contributed by atoms with E-state index in [1.165, 1.54) is 6.07 Å². The highest BCUT2D eigenvalue weighted by Gasteiger charge is 2.10. The van der Waals surface area contributed by atoms with Crippen LogP contribution < -0.4 is 0 Å². The molecule has 0 heterocycles. The zero-order valence-corrected chi connectivity index (χ0v) is 7.24. The molecule has 0 aromatic heterocycles. The van der Waals surface area contributed by atoms with Gasteiger partial charge in [-0.25, -0.2) is 0 Å². The van der Waals surface area contributed by atoms with Crippen LogP contribution in [0, 0.1) is 18.1 Å². The largest absolute Gasteiger partial charge is 0.501 e. The number of aromatic hydroxyl groups is 1. The summed E-state index contributed by atoms with van der Waals surface area (Å²) >= 11 is 0. The third-order valence-corrected chi connectivity index (χ3v) is 1.74. The molecule has 3 nitrogen and oxygen atoms in total. The van der Waals surface area contributed by atoms with Crippen LogP contribution in [0.2, 0.25) is 0 Å². The Morgan fingerprint density at radius 3 is 2.69 bits per heavy atom. The quantitative estimate of drug-likeness (QED) is 0.732. The molecule has 0 amide bonds. The topological polar surface area (TPSA) is 57.5 Å². The second kappa shape index (κ2) is 3.81. The summed E-state index contributed by atoms with van der Waals surface area (Å²) in [6.07, 6.45) is 0.409. The Hall–Kier alpha value is -1.69. The Morgan fingerprint density at radius 1 is 1.54 bits per heavy atom. The number of aliphatic carboxylic acids is 1. The van der Waals surface area contributed by atoms with Crippen molar-refractivity contribution >= 4 is 5.97 Å². The predicted octanol–water partition coefficient (Wildman–Crippen LogP) is 1.26. The molecule has 68 valence electrons. The normalized spacial score (nSPS) is 11.8. The van der Waals surface area contributed by atoms with E-state index in [1.54, 1.807) is 13.0 Å². The maximum Gasteiger partial charge on any atom is 0.306 e. The van der Waals surface area contributed by atoms with E-state index in [4.69, 9.17) is 10.2 Å². The van der Waals surface area contributed by atoms with Crippen LogP contribution in [0.4, 0.5) is 0 Å². The van der Waals surface area contributed by atoms with E-state index >= 15 is 0 Å². The molecule has 0 aliphatic rings. The first-order chi connectivity index (χ1) is 6.09. The molecule has 1 aromatic rings. The summed E-state index contributed by atoms with van der Waals surface area (Å²) in [7, 11) is 0. The first-order valence-corrected chi connectivity index (χ1v) is 3.94. The maximum atomic E-state index is 10.5. The minimum atomic E-state index is -0.832. The molecular formula is C10H10O3. The standard InChI is InChI=1S/C10H10O3/c1-7(10(12)13)6-8-2-4-9(11)5-3-8/h2,4,7,11H,6H2,1H3,(H,12,13)/t7-/m0/s1. The van der Waals surface area contributed by atoms with Gasteiger partial charge in [-0.15, -0.1) is 0 Å². The summed E-state index contributed by atoms with van der Waals surface area (Å²) in [6, 6.07) is 8.28. The van der Waals surface area contributed by atoms with Crippen LogP contribution in [0.5, 0.6) is 5.75 Å². The molecule has 0 aliphatic heterocycles. The second-order valence-electron chi connectivity index (χ2n) is 2.94. The van der Waals surface area contributed by atoms with Gasteiger partial charge in [0.05, 0.1) is 5.92 Å². The lowest BCUT2D eigenvalue weighted by Gasteiger charge is -2.02. The molecule has 1 aromatic carbocycles. The molecule has 0 unspecified atom stereocenters. The van der Waals surface area contributed by atoms with Gasteiger partial charge in [0, 0.05) is 5.56 Å². The van der Waals surface area contributed by atoms with Gasteiger partial charge in [-0.3, -0.25) is 4.79 Å². The number of carboxylic acid groups (broad SMARTS) is 1. The van der Waals surface area contributed by atoms with Crippen molar-refractivity contribution < 1.29 is 15.0 Å². The highest BCUT2D eigenvalue weighted by atomic mass is 16.4. The van der Waals surface area contributed by atoms with Gasteiger partial charge >= 0.3 is 5.97 Å². The average molecular weight is 178 g/mol. The molecule has 13 heavy (non-hydrogen) atoms. The van der Waals surface area contributed by atoms with Crippen LogP contribution in [0.15, 0.2) is 12.1 Å². The first-order valence-electron chi connectivity index (χ1n) is 3.94. The van der Waals surface area contributed by atoms with Gasteiger partial charge in [-0.2, -0.15) is 0 Å². The van der Waals surface area contributed by atoms with Crippen LogP contribution >= 0.6 is 0 Å². The van der Waals surface area contributed by atoms with E-state index in [0.29, 0.717) is 6.42 Å². The van der Waals surface area contributed by atoms with Crippen molar-refractivity contribution in [1.82, 2.24) is 0 Å². The number of hydrogen-bond acceptors (Lipinski definition) is 2. The lowest BCUT2D eigenvalue weighted by atomic mass is 10.0. The molecule has 1 atom stereocenters. The van der Waals surface area contributed by atoms with Crippen LogP contribution in [-0.4, -0.2) is 16.2 Å². The molecule has 0 saturated carbocycles. The van der Waals surface area contributed by atoms with Crippen molar-refractivity contribution in [3.8, 4) is 5.75 Å². The maximum absolute atomic E-state index is 10.5. The summed E-state index contributed by atoms with van der Waals surface area (Å²) in [5, 5.41) is 17.5. The monoisotopic (exact) mass is 178 g/mol. The Labute approximate surface area is 76.6 Å². The molecule has 0 saturated heterocycles. The zero-order valence-electron chi connectivity index (χ0n) is 7.24. The fourth-order valence-electron chi connectivity index (χ4n) is 0.943. The molecule has 0 fully saturated rings. The van der Waals surface area contributed by atoms with Gasteiger partial charge in [0.2, 0.25) is 0 Å². The van der Waals surface area contributed by atoms with E-state index in [0.717, 1.165) is 5.56 Å². The van der Waals surface area contributed by atoms with Crippen LogP contribution in [-0.2, 0) is 11.2 Å². The van der Waals surface area contributed by atoms with Crippen LogP contribution in [0.3, 0.4) is 0 Å². The summed E-state index contributed by atoms with van der Waals surface area (Å²) in [6.45, 7) is 1.63. The lowest BCUT2D eigenvalue weighted by molar-refractivity contribution is -0.141. The lowest BCUT2D eigenvalue weighted by Crippen LogP contribution is -2.11. The van der Waals surface area contributed by atoms with Crippen LogP contribution in [0.25, 0.3) is 0 Å². The Bertz CT molecular complexity index is 290. The highest BCUT2D eigenvalue weighted by Crippen LogP contribution is 2.09. The van der Waals surface area contributed by atoms with E-state index in [2.05, 4.69) is 12.1 Å². The fourth-order valence-corrected chi connectivity index (χ4v) is 0.943. The summed E-state index contributed by atoms with van der Waals surface area (Å²) < 4.78 is 0. The minimum absolute atomic E-state index is 0.0201. The van der Waals surface area contributed by atoms with E-state index in [-0.39, 0.29) is 5.75 Å². The fraction of sp³-hybridized carbons (Fsp3) is 0.300. The predicted molar refractivity (Wildman–Crippen MR) is 46.3 cm³/mol. The Kier molecular flexibility index (Phi) is 2.76. The molecule has 3 heteroatoms. The Morgan fingerprint density at radius 2 is 2.23 bits per heavy atom. The van der Waals surface area contributed by atoms with Gasteiger partial charge in [0.15, 0.2) is 5.75 Å². The molecular weight excluding hydrogens is 168 g/mol. The highest BCUT2D eigenvalue weighted by molar-refractivity contribution is 5.69. The number of carboxylic acids is 1. The molecule has 0 bridgehead atoms. The number of carbonyl (C=O) groups is 1. The third kappa shape index (κ3) is 2.68. The van der Waals surface area contributed by atoms with E-state index in [1.807, 2.05) is 0 Å². The van der Waals surface area contributed by atoms with Crippen molar-refractivity contribution in [3.63, 3.8) is 0 Å². The van der Waals surface area contributed by atoms with E-state index < -0.39 is 11.9 Å². The van der Waals surface area contributed by atoms with Crippen molar-refractivity contribution in [2.24, 2.45) is 5.92 Å². The van der Waals surface area contributed by atoms with Crippen molar-refractivity contribution in [3.05, 3.63) is 29.8 Å². The zero-order chi connectivity index (χ0) is 9.84. The van der Waals surface area contributed by atoms with Crippen molar-refractivity contribution in [1.29, 1.82) is 0 Å². The number of hydrogen-bond donors (Lipinski definition) is 2. The average Bonchev–Trinajstić information content (AvgIpc) is 2.08. The SMILES string of the molecule is C[C@@H](Cc1c#cc(O)cc1)C(=O)O. The Balaban J connectivity index is 2.64. The van der Waals surface area contributed by atoms with Gasteiger partial charge in [0.1, 0.15) is 0 Å². The molecule has 2 N–H and O–H groups in total. The van der Waals surface area contributed by atoms with Crippen molar-refractivity contribution in [2.75, 3.05) is 0 Å².